The molecular formula is C29H36N4O5. The van der Waals surface area contributed by atoms with E-state index in [1.165, 1.54) is 6.92 Å². The van der Waals surface area contributed by atoms with Gasteiger partial charge in [0.25, 0.3) is 0 Å². The molecule has 0 aliphatic rings. The Balaban J connectivity index is 1.72. The summed E-state index contributed by atoms with van der Waals surface area (Å²) in [6.07, 6.45) is 3.24. The van der Waals surface area contributed by atoms with Crippen LogP contribution >= 0.6 is 0 Å². The molecule has 38 heavy (non-hydrogen) atoms. The summed E-state index contributed by atoms with van der Waals surface area (Å²) in [5.41, 5.74) is 3.70. The molecule has 9 heteroatoms. The first-order valence-corrected chi connectivity index (χ1v) is 12.8. The van der Waals surface area contributed by atoms with E-state index in [0.717, 1.165) is 35.0 Å². The molecule has 1 heterocycles. The van der Waals surface area contributed by atoms with Gasteiger partial charge in [0.2, 0.25) is 17.7 Å². The topological polar surface area (TPSA) is 129 Å². The number of fused-ring (bicyclic) bond motifs is 1. The molecule has 0 saturated carbocycles. The van der Waals surface area contributed by atoms with E-state index in [0.29, 0.717) is 36.4 Å². The van der Waals surface area contributed by atoms with Crippen molar-refractivity contribution in [2.75, 3.05) is 17.7 Å². The van der Waals surface area contributed by atoms with Crippen LogP contribution in [0.5, 0.6) is 5.75 Å². The van der Waals surface area contributed by atoms with Crippen LogP contribution in [0.1, 0.15) is 57.2 Å². The van der Waals surface area contributed by atoms with Crippen molar-refractivity contribution in [3.63, 3.8) is 0 Å². The maximum Gasteiger partial charge on any atom is 0.246 e. The van der Waals surface area contributed by atoms with Gasteiger partial charge in [-0.25, -0.2) is 0 Å². The molecule has 0 fully saturated rings. The molecule has 0 aliphatic carbocycles. The van der Waals surface area contributed by atoms with Crippen molar-refractivity contribution in [3.8, 4) is 5.75 Å². The second kappa shape index (κ2) is 13.4. The second-order valence-corrected chi connectivity index (χ2v) is 9.49. The summed E-state index contributed by atoms with van der Waals surface area (Å²) in [7, 11) is 1.60. The van der Waals surface area contributed by atoms with Gasteiger partial charge in [0, 0.05) is 41.3 Å². The fraction of sp³-hybridized carbons (Fsp3) is 0.379. The number of amides is 3. The van der Waals surface area contributed by atoms with Crippen molar-refractivity contribution in [2.45, 2.75) is 65.3 Å². The smallest absolute Gasteiger partial charge is 0.246 e. The third kappa shape index (κ3) is 8.19. The highest BCUT2D eigenvalue weighted by Crippen LogP contribution is 2.27. The summed E-state index contributed by atoms with van der Waals surface area (Å²) in [6, 6.07) is 11.7. The maximum atomic E-state index is 13.2. The molecular weight excluding hydrogens is 484 g/mol. The summed E-state index contributed by atoms with van der Waals surface area (Å²) in [4.78, 5) is 52.3. The third-order valence-corrected chi connectivity index (χ3v) is 6.29. The standard InChI is InChI=1S/C29H36N4O5/c1-18(34)9-6-5-7-12-27(29(37)32-22-11-8-10-21(15-22)31-20(3)35)33-28(36)17-24-19(2)30-26-14-13-23(38-4)16-25(24)26/h8,10-11,13-16,27,30H,5-7,9,12,17H2,1-4H3,(H,31,35)(H,32,37)(H,33,36)/t27-/m0/s1. The van der Waals surface area contributed by atoms with Gasteiger partial charge in [-0.15, -0.1) is 0 Å². The van der Waals surface area contributed by atoms with Gasteiger partial charge in [-0.3, -0.25) is 14.4 Å². The monoisotopic (exact) mass is 520 g/mol. The minimum absolute atomic E-state index is 0.102. The largest absolute Gasteiger partial charge is 0.497 e. The molecule has 0 bridgehead atoms. The number of aromatic amines is 1. The van der Waals surface area contributed by atoms with E-state index in [1.807, 2.05) is 25.1 Å². The first-order valence-electron chi connectivity index (χ1n) is 12.8. The molecule has 3 amide bonds. The summed E-state index contributed by atoms with van der Waals surface area (Å²) in [5, 5.41) is 9.35. The highest BCUT2D eigenvalue weighted by molar-refractivity contribution is 5.99. The molecule has 4 N–H and O–H groups in total. The van der Waals surface area contributed by atoms with E-state index in [2.05, 4.69) is 20.9 Å². The van der Waals surface area contributed by atoms with Gasteiger partial charge in [-0.1, -0.05) is 18.9 Å². The van der Waals surface area contributed by atoms with E-state index in [1.54, 1.807) is 38.3 Å². The highest BCUT2D eigenvalue weighted by atomic mass is 16.5. The summed E-state index contributed by atoms with van der Waals surface area (Å²) >= 11 is 0. The van der Waals surface area contributed by atoms with Gasteiger partial charge in [-0.05, 0) is 68.7 Å². The number of nitrogens with one attached hydrogen (secondary N) is 4. The van der Waals surface area contributed by atoms with Crippen LogP contribution in [0.15, 0.2) is 42.5 Å². The van der Waals surface area contributed by atoms with Crippen LogP contribution in [0, 0.1) is 6.92 Å². The number of methoxy groups -OCH3 is 1. The fourth-order valence-electron chi connectivity index (χ4n) is 4.40. The second-order valence-electron chi connectivity index (χ2n) is 9.49. The number of carbonyl (C=O) groups excluding carboxylic acids is 4. The Morgan fingerprint density at radius 1 is 0.947 bits per heavy atom. The number of anilines is 2. The van der Waals surface area contributed by atoms with Gasteiger partial charge >= 0.3 is 0 Å². The number of ketones is 1. The Kier molecular flexibility index (Phi) is 10.0. The number of benzene rings is 2. The number of hydrogen-bond acceptors (Lipinski definition) is 5. The highest BCUT2D eigenvalue weighted by Gasteiger charge is 2.22. The Labute approximate surface area is 222 Å². The van der Waals surface area contributed by atoms with Gasteiger partial charge in [0.05, 0.1) is 13.5 Å². The number of ether oxygens (including phenoxy) is 1. The van der Waals surface area contributed by atoms with Crippen molar-refractivity contribution in [1.29, 1.82) is 0 Å². The van der Waals surface area contributed by atoms with Crippen LogP contribution in [0.25, 0.3) is 10.9 Å². The Hall–Kier alpha value is -4.14. The predicted octanol–water partition coefficient (Wildman–Crippen LogP) is 4.65. The normalized spacial score (nSPS) is 11.6. The average Bonchev–Trinajstić information content (AvgIpc) is 3.16. The molecule has 9 nitrogen and oxygen atoms in total. The van der Waals surface area contributed by atoms with E-state index in [9.17, 15) is 19.2 Å². The molecule has 0 radical (unpaired) electrons. The molecule has 0 saturated heterocycles. The molecule has 1 aromatic heterocycles. The SMILES string of the molecule is COc1ccc2[nH]c(C)c(CC(=O)N[C@@H](CCCCCC(C)=O)C(=O)Nc3cccc(NC(C)=O)c3)c2c1. The number of hydrogen-bond donors (Lipinski definition) is 4. The minimum Gasteiger partial charge on any atom is -0.497 e. The number of aryl methyl sites for hydroxylation is 1. The molecule has 0 aliphatic heterocycles. The van der Waals surface area contributed by atoms with Crippen molar-refractivity contribution in [3.05, 3.63) is 53.7 Å². The Morgan fingerprint density at radius 2 is 1.68 bits per heavy atom. The lowest BCUT2D eigenvalue weighted by molar-refractivity contribution is -0.126. The zero-order valence-corrected chi connectivity index (χ0v) is 22.4. The molecule has 3 rings (SSSR count). The van der Waals surface area contributed by atoms with E-state index < -0.39 is 6.04 Å². The molecule has 3 aromatic rings. The Morgan fingerprint density at radius 3 is 2.37 bits per heavy atom. The van der Waals surface area contributed by atoms with E-state index in [4.69, 9.17) is 4.74 Å². The number of Topliss-reactive ketones (excluding diaryl/α,β-unsaturated/α-hetero) is 1. The summed E-state index contributed by atoms with van der Waals surface area (Å²) in [5.74, 6) is 0.00382. The van der Waals surface area contributed by atoms with Crippen LogP contribution in [-0.4, -0.2) is 41.6 Å². The number of H-pyrrole nitrogens is 1. The van der Waals surface area contributed by atoms with Crippen molar-refractivity contribution < 1.29 is 23.9 Å². The minimum atomic E-state index is -0.760. The third-order valence-electron chi connectivity index (χ3n) is 6.29. The first-order chi connectivity index (χ1) is 18.2. The molecule has 202 valence electrons. The van der Waals surface area contributed by atoms with E-state index in [-0.39, 0.29) is 29.9 Å². The lowest BCUT2D eigenvalue weighted by Gasteiger charge is -2.19. The number of unbranched alkanes of at least 4 members (excludes halogenated alkanes) is 2. The first kappa shape index (κ1) is 28.4. The quantitative estimate of drug-likeness (QED) is 0.244. The average molecular weight is 521 g/mol. The van der Waals surface area contributed by atoms with Crippen LogP contribution in [-0.2, 0) is 25.6 Å². The van der Waals surface area contributed by atoms with Gasteiger partial charge in [0.15, 0.2) is 0 Å². The fourth-order valence-corrected chi connectivity index (χ4v) is 4.40. The number of aromatic nitrogens is 1. The number of carbonyl (C=O) groups is 4. The van der Waals surface area contributed by atoms with Gasteiger partial charge < -0.3 is 30.5 Å². The van der Waals surface area contributed by atoms with Crippen molar-refractivity contribution >= 4 is 45.8 Å². The molecule has 0 spiro atoms. The van der Waals surface area contributed by atoms with Crippen molar-refractivity contribution in [1.82, 2.24) is 10.3 Å². The van der Waals surface area contributed by atoms with Gasteiger partial charge in [-0.2, -0.15) is 0 Å². The lowest BCUT2D eigenvalue weighted by atomic mass is 10.0. The number of rotatable bonds is 13. The van der Waals surface area contributed by atoms with Crippen LogP contribution in [0.3, 0.4) is 0 Å². The zero-order valence-electron chi connectivity index (χ0n) is 22.4. The predicted molar refractivity (Wildman–Crippen MR) is 148 cm³/mol. The van der Waals surface area contributed by atoms with Gasteiger partial charge in [0.1, 0.15) is 17.6 Å². The van der Waals surface area contributed by atoms with Crippen LogP contribution < -0.4 is 20.7 Å². The zero-order chi connectivity index (χ0) is 27.7. The van der Waals surface area contributed by atoms with Crippen molar-refractivity contribution in [2.24, 2.45) is 0 Å². The Bertz CT molecular complexity index is 1310. The van der Waals surface area contributed by atoms with Crippen LogP contribution in [0.2, 0.25) is 0 Å². The molecule has 1 atom stereocenters. The molecule has 0 unspecified atom stereocenters. The van der Waals surface area contributed by atoms with Crippen LogP contribution in [0.4, 0.5) is 11.4 Å². The summed E-state index contributed by atoms with van der Waals surface area (Å²) in [6.45, 7) is 4.89. The molecule has 2 aromatic carbocycles. The summed E-state index contributed by atoms with van der Waals surface area (Å²) < 4.78 is 5.34. The maximum absolute atomic E-state index is 13.2. The lowest BCUT2D eigenvalue weighted by Crippen LogP contribution is -2.44. The van der Waals surface area contributed by atoms with E-state index >= 15 is 0 Å².